The Morgan fingerprint density at radius 1 is 1.30 bits per heavy atom. The van der Waals surface area contributed by atoms with Gasteiger partial charge in [-0.05, 0) is 26.4 Å². The second-order valence-corrected chi connectivity index (χ2v) is 4.58. The largest absolute Gasteiger partial charge is 0.257 e. The van der Waals surface area contributed by atoms with Crippen molar-refractivity contribution in [2.75, 3.05) is 19.8 Å². The minimum Gasteiger partial charge on any atom is -0.257 e. The molecule has 0 unspecified atom stereocenters. The summed E-state index contributed by atoms with van der Waals surface area (Å²) in [6.45, 7) is 4.56. The van der Waals surface area contributed by atoms with Crippen molar-refractivity contribution in [1.29, 1.82) is 0 Å². The van der Waals surface area contributed by atoms with Crippen molar-refractivity contribution in [3.05, 3.63) is 0 Å². The molecule has 0 bridgehead atoms. The molecule has 0 amide bonds. The summed E-state index contributed by atoms with van der Waals surface area (Å²) in [5.41, 5.74) is 0. The van der Waals surface area contributed by atoms with Gasteiger partial charge in [0.05, 0.1) is 0 Å². The quantitative estimate of drug-likeness (QED) is 0.450. The van der Waals surface area contributed by atoms with Crippen LogP contribution in [0.15, 0.2) is 0 Å². The molecule has 0 aliphatic carbocycles. The van der Waals surface area contributed by atoms with Crippen LogP contribution in [0.2, 0.25) is 0 Å². The van der Waals surface area contributed by atoms with Crippen molar-refractivity contribution >= 4 is 11.9 Å². The number of rotatable bonds is 5. The second kappa shape index (κ2) is 6.05. The lowest BCUT2D eigenvalue weighted by atomic mass is 10.1. The fraction of sp³-hybridized carbons (Fsp3) is 1.00. The van der Waals surface area contributed by atoms with Gasteiger partial charge in [-0.1, -0.05) is 32.2 Å². The second-order valence-electron chi connectivity index (χ2n) is 3.18. The van der Waals surface area contributed by atoms with Crippen LogP contribution >= 0.6 is 11.9 Å². The zero-order valence-corrected chi connectivity index (χ0v) is 8.37. The van der Waals surface area contributed by atoms with E-state index in [1.807, 2.05) is 11.9 Å². The molecule has 2 heteroatoms. The topological polar surface area (TPSA) is 3.24 Å². The highest BCUT2D eigenvalue weighted by Crippen LogP contribution is 2.10. The third-order valence-electron chi connectivity index (χ3n) is 1.28. The third kappa shape index (κ3) is 8.31. The van der Waals surface area contributed by atoms with E-state index in [0.717, 1.165) is 5.92 Å². The molecule has 0 radical (unpaired) electrons. The van der Waals surface area contributed by atoms with E-state index < -0.39 is 0 Å². The Kier molecular flexibility index (Phi) is 6.24. The molecule has 0 saturated carbocycles. The lowest BCUT2D eigenvalue weighted by Gasteiger charge is -2.08. The Hall–Kier alpha value is 0.310. The maximum atomic E-state index is 2.28. The van der Waals surface area contributed by atoms with Gasteiger partial charge in [-0.3, -0.25) is 4.31 Å². The van der Waals surface area contributed by atoms with E-state index in [1.54, 1.807) is 0 Å². The van der Waals surface area contributed by atoms with E-state index in [1.165, 1.54) is 18.6 Å². The van der Waals surface area contributed by atoms with E-state index in [9.17, 15) is 0 Å². The monoisotopic (exact) mass is 161 g/mol. The molecule has 0 aromatic rings. The van der Waals surface area contributed by atoms with E-state index >= 15 is 0 Å². The van der Waals surface area contributed by atoms with Crippen molar-refractivity contribution < 1.29 is 0 Å². The lowest BCUT2D eigenvalue weighted by molar-refractivity contribution is 0.576. The first kappa shape index (κ1) is 10.3. The van der Waals surface area contributed by atoms with Crippen molar-refractivity contribution in [2.24, 2.45) is 5.92 Å². The van der Waals surface area contributed by atoms with Gasteiger partial charge in [-0.15, -0.1) is 0 Å². The summed E-state index contributed by atoms with van der Waals surface area (Å²) in [7, 11) is 4.19. The van der Waals surface area contributed by atoms with Gasteiger partial charge in [0, 0.05) is 5.75 Å². The van der Waals surface area contributed by atoms with Gasteiger partial charge in [0.1, 0.15) is 0 Å². The predicted molar refractivity (Wildman–Crippen MR) is 50.2 cm³/mol. The summed E-state index contributed by atoms with van der Waals surface area (Å²) in [6, 6.07) is 0. The summed E-state index contributed by atoms with van der Waals surface area (Å²) in [5, 5.41) is 0. The fourth-order valence-corrected chi connectivity index (χ4v) is 1.40. The minimum atomic E-state index is 0.864. The van der Waals surface area contributed by atoms with E-state index in [2.05, 4.69) is 32.2 Å². The van der Waals surface area contributed by atoms with Crippen molar-refractivity contribution in [3.8, 4) is 0 Å². The fourth-order valence-electron chi connectivity index (χ4n) is 0.739. The molecule has 1 nitrogen and oxygen atoms in total. The van der Waals surface area contributed by atoms with E-state index in [-0.39, 0.29) is 0 Å². The molecular weight excluding hydrogens is 142 g/mol. The van der Waals surface area contributed by atoms with Gasteiger partial charge in [0.15, 0.2) is 0 Å². The first-order chi connectivity index (χ1) is 4.63. The van der Waals surface area contributed by atoms with Crippen LogP contribution in [0.4, 0.5) is 0 Å². The molecule has 0 spiro atoms. The summed E-state index contributed by atoms with van der Waals surface area (Å²) in [5.74, 6) is 2.13. The molecule has 0 fully saturated rings. The Morgan fingerprint density at radius 3 is 2.30 bits per heavy atom. The van der Waals surface area contributed by atoms with Crippen LogP contribution in [0.25, 0.3) is 0 Å². The molecule has 0 rings (SSSR count). The highest BCUT2D eigenvalue weighted by molar-refractivity contribution is 7.96. The molecular formula is C8H19NS. The maximum absolute atomic E-state index is 2.28. The van der Waals surface area contributed by atoms with Crippen LogP contribution in [-0.4, -0.2) is 24.2 Å². The van der Waals surface area contributed by atoms with Crippen molar-refractivity contribution in [1.82, 2.24) is 4.31 Å². The first-order valence-corrected chi connectivity index (χ1v) is 4.87. The molecule has 0 aliphatic heterocycles. The SMILES string of the molecule is CC(C)CCCSN(C)C. The maximum Gasteiger partial charge on any atom is 0.00807 e. The molecule has 10 heavy (non-hydrogen) atoms. The predicted octanol–water partition coefficient (Wildman–Crippen LogP) is 2.63. The Bertz CT molecular complexity index is 61.7. The number of hydrogen-bond acceptors (Lipinski definition) is 2. The average molecular weight is 161 g/mol. The van der Waals surface area contributed by atoms with Crippen LogP contribution in [0.5, 0.6) is 0 Å². The molecule has 0 aromatic carbocycles. The van der Waals surface area contributed by atoms with Crippen LogP contribution in [0.1, 0.15) is 26.7 Å². The molecule has 0 aromatic heterocycles. The van der Waals surface area contributed by atoms with Gasteiger partial charge in [0.25, 0.3) is 0 Å². The highest BCUT2D eigenvalue weighted by Gasteiger charge is 1.94. The van der Waals surface area contributed by atoms with E-state index in [0.29, 0.717) is 0 Å². The molecule has 0 atom stereocenters. The van der Waals surface area contributed by atoms with E-state index in [4.69, 9.17) is 0 Å². The smallest absolute Gasteiger partial charge is 0.00807 e. The Balaban J connectivity index is 2.91. The summed E-state index contributed by atoms with van der Waals surface area (Å²) >= 11 is 1.91. The number of hydrogen-bond donors (Lipinski definition) is 0. The van der Waals surface area contributed by atoms with Crippen LogP contribution in [-0.2, 0) is 0 Å². The molecule has 62 valence electrons. The van der Waals surface area contributed by atoms with Gasteiger partial charge < -0.3 is 0 Å². The van der Waals surface area contributed by atoms with Crippen LogP contribution < -0.4 is 0 Å². The molecule has 0 N–H and O–H groups in total. The first-order valence-electron chi connectivity index (χ1n) is 3.93. The minimum absolute atomic E-state index is 0.864. The van der Waals surface area contributed by atoms with Crippen LogP contribution in [0.3, 0.4) is 0 Å². The zero-order chi connectivity index (χ0) is 7.98. The Labute approximate surface area is 69.3 Å². The average Bonchev–Trinajstić information content (AvgIpc) is 1.79. The number of nitrogens with zero attached hydrogens (tertiary/aromatic N) is 1. The third-order valence-corrected chi connectivity index (χ3v) is 2.26. The van der Waals surface area contributed by atoms with Gasteiger partial charge in [-0.25, -0.2) is 0 Å². The molecule has 0 heterocycles. The van der Waals surface area contributed by atoms with Gasteiger partial charge >= 0.3 is 0 Å². The zero-order valence-electron chi connectivity index (χ0n) is 7.55. The normalized spacial score (nSPS) is 11.4. The standard InChI is InChI=1S/C8H19NS/c1-8(2)6-5-7-10-9(3)4/h8H,5-7H2,1-4H3. The molecule has 0 aliphatic rings. The van der Waals surface area contributed by atoms with Crippen molar-refractivity contribution in [3.63, 3.8) is 0 Å². The highest BCUT2D eigenvalue weighted by atomic mass is 32.2. The summed E-state index contributed by atoms with van der Waals surface area (Å²) in [6.07, 6.45) is 2.71. The molecule has 0 saturated heterocycles. The van der Waals surface area contributed by atoms with Crippen molar-refractivity contribution in [2.45, 2.75) is 26.7 Å². The van der Waals surface area contributed by atoms with Gasteiger partial charge in [0.2, 0.25) is 0 Å². The summed E-state index contributed by atoms with van der Waals surface area (Å²) in [4.78, 5) is 0. The summed E-state index contributed by atoms with van der Waals surface area (Å²) < 4.78 is 2.17. The van der Waals surface area contributed by atoms with Gasteiger partial charge in [-0.2, -0.15) is 0 Å². The Morgan fingerprint density at radius 2 is 1.90 bits per heavy atom. The lowest BCUT2D eigenvalue weighted by Crippen LogP contribution is -2.01. The van der Waals surface area contributed by atoms with Crippen LogP contribution in [0, 0.1) is 5.92 Å².